The van der Waals surface area contributed by atoms with Crippen LogP contribution in [0.5, 0.6) is 5.75 Å². The van der Waals surface area contributed by atoms with Gasteiger partial charge in [0.2, 0.25) is 29.5 Å². The number of phenolic OH excluding ortho intramolecular Hbond substituents is 1. The quantitative estimate of drug-likeness (QED) is 0.107. The molecule has 0 spiro atoms. The average Bonchev–Trinajstić information content (AvgIpc) is 2.78. The maximum atomic E-state index is 12.8. The number of phenols is 1. The highest BCUT2D eigenvalue weighted by molar-refractivity contribution is 5.97. The Kier molecular flexibility index (Phi) is 11.4. The summed E-state index contributed by atoms with van der Waals surface area (Å²) in [6, 6.07) is -0.793. The Bertz CT molecular complexity index is 1040. The van der Waals surface area contributed by atoms with Crippen LogP contribution in [0.15, 0.2) is 24.3 Å². The van der Waals surface area contributed by atoms with E-state index < -0.39 is 84.9 Å². The SMILES string of the molecule is NC(=O)CC(NC(=O)C(CC(=O)O)NC(=O)C(CC(N)=O)NC(=O)C(N)Cc1ccc(O)cc1)C(=O)O. The van der Waals surface area contributed by atoms with Crippen LogP contribution in [-0.4, -0.2) is 81.0 Å². The number of aromatic hydroxyl groups is 1. The summed E-state index contributed by atoms with van der Waals surface area (Å²) in [5.74, 6) is -8.67. The summed E-state index contributed by atoms with van der Waals surface area (Å²) in [6.45, 7) is 0. The predicted molar refractivity (Wildman–Crippen MR) is 123 cm³/mol. The zero-order valence-electron chi connectivity index (χ0n) is 19.4. The molecule has 0 aliphatic carbocycles. The van der Waals surface area contributed by atoms with Crippen molar-refractivity contribution in [3.63, 3.8) is 0 Å². The van der Waals surface area contributed by atoms with E-state index in [1.807, 2.05) is 10.6 Å². The molecule has 12 N–H and O–H groups in total. The van der Waals surface area contributed by atoms with Gasteiger partial charge in [-0.3, -0.25) is 28.8 Å². The van der Waals surface area contributed by atoms with Crippen LogP contribution in [0.25, 0.3) is 0 Å². The molecule has 4 unspecified atom stereocenters. The van der Waals surface area contributed by atoms with Crippen LogP contribution in [-0.2, 0) is 40.0 Å². The van der Waals surface area contributed by atoms with Gasteiger partial charge in [-0.05, 0) is 24.1 Å². The van der Waals surface area contributed by atoms with E-state index >= 15 is 0 Å². The van der Waals surface area contributed by atoms with Gasteiger partial charge in [-0.15, -0.1) is 0 Å². The molecule has 0 heterocycles. The van der Waals surface area contributed by atoms with Gasteiger partial charge in [-0.1, -0.05) is 12.1 Å². The molecule has 202 valence electrons. The summed E-state index contributed by atoms with van der Waals surface area (Å²) in [5.41, 5.74) is 16.5. The highest BCUT2D eigenvalue weighted by atomic mass is 16.4. The zero-order valence-corrected chi connectivity index (χ0v) is 19.4. The summed E-state index contributed by atoms with van der Waals surface area (Å²) in [5, 5.41) is 33.7. The molecule has 0 fully saturated rings. The number of hydrogen-bond acceptors (Lipinski definition) is 9. The van der Waals surface area contributed by atoms with Crippen LogP contribution < -0.4 is 33.2 Å². The Morgan fingerprint density at radius 3 is 1.59 bits per heavy atom. The molecule has 37 heavy (non-hydrogen) atoms. The third-order valence-electron chi connectivity index (χ3n) is 4.80. The molecule has 4 atom stereocenters. The highest BCUT2D eigenvalue weighted by Gasteiger charge is 2.32. The topological polar surface area (TPSA) is 294 Å². The average molecular weight is 524 g/mol. The summed E-state index contributed by atoms with van der Waals surface area (Å²) in [6.07, 6.45) is -2.59. The van der Waals surface area contributed by atoms with Crippen molar-refractivity contribution in [3.05, 3.63) is 29.8 Å². The molecule has 16 heteroatoms. The smallest absolute Gasteiger partial charge is 0.326 e. The fraction of sp³-hybridized carbons (Fsp3) is 0.381. The molecule has 16 nitrogen and oxygen atoms in total. The number of carbonyl (C=O) groups is 7. The third kappa shape index (κ3) is 11.0. The number of carboxylic acid groups (broad SMARTS) is 2. The van der Waals surface area contributed by atoms with Crippen molar-refractivity contribution in [2.24, 2.45) is 17.2 Å². The van der Waals surface area contributed by atoms with Gasteiger partial charge in [0.25, 0.3) is 0 Å². The molecule has 1 rings (SSSR count). The van der Waals surface area contributed by atoms with E-state index in [2.05, 4.69) is 5.32 Å². The lowest BCUT2D eigenvalue weighted by Gasteiger charge is -2.24. The van der Waals surface area contributed by atoms with Crippen LogP contribution in [0.1, 0.15) is 24.8 Å². The largest absolute Gasteiger partial charge is 0.508 e. The maximum absolute atomic E-state index is 12.8. The first-order chi connectivity index (χ1) is 17.2. The molecule has 0 aromatic heterocycles. The Balaban J connectivity index is 2.99. The van der Waals surface area contributed by atoms with Gasteiger partial charge in [0, 0.05) is 0 Å². The number of hydrogen-bond donors (Lipinski definition) is 9. The minimum absolute atomic E-state index is 0.00998. The van der Waals surface area contributed by atoms with E-state index in [1.165, 1.54) is 24.3 Å². The summed E-state index contributed by atoms with van der Waals surface area (Å²) < 4.78 is 0. The molecule has 1 aromatic carbocycles. The number of aliphatic carboxylic acids is 2. The molecule has 0 saturated carbocycles. The standard InChI is InChI=1S/C21H28N6O10/c22-11(5-9-1-3-10(28)4-2-9)18(33)25-12(6-15(23)29)19(34)26-13(8-17(31)32)20(35)27-14(21(36)37)7-16(24)30/h1-4,11-14,28H,5-8,22H2,(H2,23,29)(H2,24,30)(H,25,33)(H,26,34)(H,27,35)(H,31,32)(H,36,37). The second kappa shape index (κ2) is 14.0. The summed E-state index contributed by atoms with van der Waals surface area (Å²) in [4.78, 5) is 82.7. The normalized spacial score (nSPS) is 13.8. The lowest BCUT2D eigenvalue weighted by Crippen LogP contribution is -2.58. The van der Waals surface area contributed by atoms with E-state index in [0.717, 1.165) is 0 Å². The zero-order chi connectivity index (χ0) is 28.3. The molecule has 0 bridgehead atoms. The van der Waals surface area contributed by atoms with Gasteiger partial charge in [0.05, 0.1) is 25.3 Å². The molecule has 0 aliphatic heterocycles. The fourth-order valence-corrected chi connectivity index (χ4v) is 3.00. The van der Waals surface area contributed by atoms with E-state index in [1.54, 1.807) is 0 Å². The Hall–Kier alpha value is -4.73. The first-order valence-corrected chi connectivity index (χ1v) is 10.6. The number of primary amides is 2. The number of nitrogens with two attached hydrogens (primary N) is 3. The van der Waals surface area contributed by atoms with Crippen molar-refractivity contribution in [2.75, 3.05) is 0 Å². The lowest BCUT2D eigenvalue weighted by atomic mass is 10.0. The van der Waals surface area contributed by atoms with Crippen molar-refractivity contribution < 1.29 is 48.9 Å². The van der Waals surface area contributed by atoms with Crippen molar-refractivity contribution in [1.29, 1.82) is 0 Å². The van der Waals surface area contributed by atoms with Crippen molar-refractivity contribution in [1.82, 2.24) is 16.0 Å². The van der Waals surface area contributed by atoms with Crippen molar-refractivity contribution in [3.8, 4) is 5.75 Å². The minimum Gasteiger partial charge on any atom is -0.508 e. The van der Waals surface area contributed by atoms with Gasteiger partial charge in [-0.2, -0.15) is 0 Å². The van der Waals surface area contributed by atoms with Gasteiger partial charge in [0.1, 0.15) is 23.9 Å². The molecular weight excluding hydrogens is 496 g/mol. The van der Waals surface area contributed by atoms with Gasteiger partial charge < -0.3 is 48.5 Å². The van der Waals surface area contributed by atoms with Crippen LogP contribution in [0, 0.1) is 0 Å². The molecule has 0 radical (unpaired) electrons. The van der Waals surface area contributed by atoms with Crippen molar-refractivity contribution in [2.45, 2.75) is 49.9 Å². The number of amides is 5. The van der Waals surface area contributed by atoms with Crippen LogP contribution >= 0.6 is 0 Å². The highest BCUT2D eigenvalue weighted by Crippen LogP contribution is 2.11. The number of rotatable bonds is 15. The van der Waals surface area contributed by atoms with E-state index in [-0.39, 0.29) is 12.2 Å². The second-order valence-electron chi connectivity index (χ2n) is 7.94. The molecular formula is C21H28N6O10. The number of carboxylic acids is 2. The predicted octanol–water partition coefficient (Wildman–Crippen LogP) is -3.97. The third-order valence-corrected chi connectivity index (χ3v) is 4.80. The Morgan fingerprint density at radius 2 is 1.14 bits per heavy atom. The van der Waals surface area contributed by atoms with Crippen molar-refractivity contribution >= 4 is 41.5 Å². The first kappa shape index (κ1) is 30.3. The maximum Gasteiger partial charge on any atom is 0.326 e. The molecule has 0 saturated heterocycles. The number of nitrogens with one attached hydrogen (secondary N) is 3. The molecule has 5 amide bonds. The Labute approximate surface area is 209 Å². The van der Waals surface area contributed by atoms with Crippen LogP contribution in [0.3, 0.4) is 0 Å². The second-order valence-corrected chi connectivity index (χ2v) is 7.94. The monoisotopic (exact) mass is 524 g/mol. The summed E-state index contributed by atoms with van der Waals surface area (Å²) in [7, 11) is 0. The number of carbonyl (C=O) groups excluding carboxylic acids is 5. The Morgan fingerprint density at radius 1 is 0.703 bits per heavy atom. The van der Waals surface area contributed by atoms with Gasteiger partial charge in [0.15, 0.2) is 0 Å². The van der Waals surface area contributed by atoms with Crippen LogP contribution in [0.4, 0.5) is 0 Å². The summed E-state index contributed by atoms with van der Waals surface area (Å²) >= 11 is 0. The van der Waals surface area contributed by atoms with Gasteiger partial charge in [-0.25, -0.2) is 4.79 Å². The minimum atomic E-state index is -1.86. The van der Waals surface area contributed by atoms with E-state index in [9.17, 15) is 38.7 Å². The fourth-order valence-electron chi connectivity index (χ4n) is 3.00. The molecule has 1 aromatic rings. The number of benzene rings is 1. The van der Waals surface area contributed by atoms with E-state index in [4.69, 9.17) is 27.4 Å². The van der Waals surface area contributed by atoms with Gasteiger partial charge >= 0.3 is 11.9 Å². The van der Waals surface area contributed by atoms with E-state index in [0.29, 0.717) is 5.56 Å². The first-order valence-electron chi connectivity index (χ1n) is 10.6. The van der Waals surface area contributed by atoms with Crippen LogP contribution in [0.2, 0.25) is 0 Å². The lowest BCUT2D eigenvalue weighted by molar-refractivity contribution is -0.145. The molecule has 0 aliphatic rings.